The molecule has 1 saturated carbocycles. The molecule has 5 nitrogen and oxygen atoms in total. The molecule has 0 aromatic carbocycles. The Kier molecular flexibility index (Phi) is 3.24. The van der Waals surface area contributed by atoms with Gasteiger partial charge in [-0.1, -0.05) is 11.6 Å². The van der Waals surface area contributed by atoms with Gasteiger partial charge in [-0.05, 0) is 24.8 Å². The van der Waals surface area contributed by atoms with E-state index in [9.17, 15) is 4.79 Å². The van der Waals surface area contributed by atoms with Crippen LogP contribution in [-0.2, 0) is 11.3 Å². The van der Waals surface area contributed by atoms with Crippen molar-refractivity contribution in [2.75, 3.05) is 6.54 Å². The van der Waals surface area contributed by atoms with E-state index in [1.54, 1.807) is 6.07 Å². The van der Waals surface area contributed by atoms with Crippen LogP contribution in [0.4, 0.5) is 0 Å². The van der Waals surface area contributed by atoms with Gasteiger partial charge in [0.1, 0.15) is 12.0 Å². The monoisotopic (exact) mass is 223 g/mol. The summed E-state index contributed by atoms with van der Waals surface area (Å²) in [6, 6.07) is 1.74. The predicted molar refractivity (Wildman–Crippen MR) is 58.3 cm³/mol. The zero-order valence-corrected chi connectivity index (χ0v) is 9.24. The van der Waals surface area contributed by atoms with E-state index in [2.05, 4.69) is 15.0 Å². The van der Waals surface area contributed by atoms with Gasteiger partial charge in [-0.2, -0.15) is 0 Å². The van der Waals surface area contributed by atoms with Crippen LogP contribution in [0.3, 0.4) is 0 Å². The number of nitrogens with two attached hydrogens (primary N) is 1. The number of hydrogen-bond acceptors (Lipinski definition) is 4. The van der Waals surface area contributed by atoms with Crippen molar-refractivity contribution in [2.45, 2.75) is 32.2 Å². The molecule has 2 rings (SSSR count). The normalized spacial score (nSPS) is 17.8. The number of nitrogens with one attached hydrogen (secondary N) is 1. The van der Waals surface area contributed by atoms with Crippen molar-refractivity contribution in [1.82, 2.24) is 10.5 Å². The highest BCUT2D eigenvalue weighted by molar-refractivity contribution is 5.76. The van der Waals surface area contributed by atoms with Gasteiger partial charge in [0.15, 0.2) is 0 Å². The van der Waals surface area contributed by atoms with Gasteiger partial charge in [0.05, 0.1) is 6.54 Å². The number of aromatic nitrogens is 1. The highest BCUT2D eigenvalue weighted by Crippen LogP contribution is 2.42. The molecule has 0 radical (unpaired) electrons. The zero-order chi connectivity index (χ0) is 11.4. The van der Waals surface area contributed by atoms with E-state index in [1.807, 2.05) is 0 Å². The second-order valence-electron chi connectivity index (χ2n) is 4.50. The van der Waals surface area contributed by atoms with Crippen LogP contribution >= 0.6 is 0 Å². The molecule has 1 heterocycles. The summed E-state index contributed by atoms with van der Waals surface area (Å²) in [5.74, 6) is 0.0492. The molecule has 0 spiro atoms. The topological polar surface area (TPSA) is 81.2 Å². The van der Waals surface area contributed by atoms with E-state index < -0.39 is 0 Å². The van der Waals surface area contributed by atoms with E-state index in [1.165, 1.54) is 12.7 Å². The Morgan fingerprint density at radius 1 is 1.62 bits per heavy atom. The van der Waals surface area contributed by atoms with Crippen LogP contribution in [0.15, 0.2) is 16.9 Å². The standard InChI is InChI=1S/C11H17N3O2/c12-8-11(3-1-4-11)6-10(15)13-7-9-2-5-16-14-9/h2,5H,1,3-4,6-8,12H2,(H,13,15). The lowest BCUT2D eigenvalue weighted by Crippen LogP contribution is -2.41. The Morgan fingerprint density at radius 2 is 2.44 bits per heavy atom. The van der Waals surface area contributed by atoms with Crippen molar-refractivity contribution >= 4 is 5.91 Å². The third-order valence-electron chi connectivity index (χ3n) is 3.34. The molecule has 3 N–H and O–H groups in total. The average molecular weight is 223 g/mol. The van der Waals surface area contributed by atoms with Gasteiger partial charge in [0.25, 0.3) is 0 Å². The summed E-state index contributed by atoms with van der Waals surface area (Å²) in [7, 11) is 0. The molecular formula is C11H17N3O2. The minimum Gasteiger partial charge on any atom is -0.364 e. The quantitative estimate of drug-likeness (QED) is 0.774. The SMILES string of the molecule is NCC1(CC(=O)NCc2ccon2)CCC1. The molecule has 1 fully saturated rings. The van der Waals surface area contributed by atoms with E-state index in [0.717, 1.165) is 18.5 Å². The molecule has 16 heavy (non-hydrogen) atoms. The minimum atomic E-state index is 0.0492. The number of hydrogen-bond donors (Lipinski definition) is 2. The molecule has 1 aromatic rings. The average Bonchev–Trinajstić information content (AvgIpc) is 2.73. The molecule has 0 bridgehead atoms. The first-order chi connectivity index (χ1) is 7.74. The Hall–Kier alpha value is -1.36. The summed E-state index contributed by atoms with van der Waals surface area (Å²) in [6.45, 7) is 1.03. The summed E-state index contributed by atoms with van der Waals surface area (Å²) < 4.78 is 4.68. The lowest BCUT2D eigenvalue weighted by Gasteiger charge is -2.40. The molecule has 5 heteroatoms. The summed E-state index contributed by atoms with van der Waals surface area (Å²) in [6.07, 6.45) is 5.35. The Bertz CT molecular complexity index is 339. The largest absolute Gasteiger partial charge is 0.364 e. The Morgan fingerprint density at radius 3 is 2.94 bits per heavy atom. The number of nitrogens with zero attached hydrogens (tertiary/aromatic N) is 1. The summed E-state index contributed by atoms with van der Waals surface area (Å²) in [5.41, 5.74) is 6.50. The number of rotatable bonds is 5. The van der Waals surface area contributed by atoms with Crippen LogP contribution in [0.2, 0.25) is 0 Å². The molecule has 1 aliphatic rings. The molecule has 0 atom stereocenters. The number of amides is 1. The van der Waals surface area contributed by atoms with E-state index >= 15 is 0 Å². The first-order valence-electron chi connectivity index (χ1n) is 5.60. The second kappa shape index (κ2) is 4.65. The van der Waals surface area contributed by atoms with Crippen LogP contribution in [-0.4, -0.2) is 17.6 Å². The highest BCUT2D eigenvalue weighted by Gasteiger charge is 2.37. The maximum atomic E-state index is 11.7. The molecule has 1 amide bonds. The molecule has 0 unspecified atom stereocenters. The van der Waals surface area contributed by atoms with Crippen LogP contribution in [0, 0.1) is 5.41 Å². The number of carbonyl (C=O) groups is 1. The molecular weight excluding hydrogens is 206 g/mol. The number of carbonyl (C=O) groups excluding carboxylic acids is 1. The first-order valence-corrected chi connectivity index (χ1v) is 5.60. The van der Waals surface area contributed by atoms with Crippen LogP contribution < -0.4 is 11.1 Å². The minimum absolute atomic E-state index is 0.0492. The summed E-state index contributed by atoms with van der Waals surface area (Å²) in [5, 5.41) is 6.55. The molecule has 1 aliphatic carbocycles. The van der Waals surface area contributed by atoms with E-state index in [4.69, 9.17) is 5.73 Å². The van der Waals surface area contributed by atoms with Gasteiger partial charge >= 0.3 is 0 Å². The third kappa shape index (κ3) is 2.41. The maximum absolute atomic E-state index is 11.7. The van der Waals surface area contributed by atoms with Gasteiger partial charge in [-0.15, -0.1) is 0 Å². The van der Waals surface area contributed by atoms with Crippen LogP contribution in [0.5, 0.6) is 0 Å². The van der Waals surface area contributed by atoms with Gasteiger partial charge < -0.3 is 15.6 Å². The molecule has 88 valence electrons. The van der Waals surface area contributed by atoms with Crippen molar-refractivity contribution < 1.29 is 9.32 Å². The fourth-order valence-electron chi connectivity index (χ4n) is 2.05. The van der Waals surface area contributed by atoms with Crippen molar-refractivity contribution in [1.29, 1.82) is 0 Å². The third-order valence-corrected chi connectivity index (χ3v) is 3.34. The maximum Gasteiger partial charge on any atom is 0.220 e. The van der Waals surface area contributed by atoms with Crippen LogP contribution in [0.1, 0.15) is 31.4 Å². The van der Waals surface area contributed by atoms with Crippen LogP contribution in [0.25, 0.3) is 0 Å². The van der Waals surface area contributed by atoms with E-state index in [0.29, 0.717) is 19.5 Å². The summed E-state index contributed by atoms with van der Waals surface area (Å²) >= 11 is 0. The predicted octanol–water partition coefficient (Wildman–Crippen LogP) is 0.810. The zero-order valence-electron chi connectivity index (χ0n) is 9.24. The van der Waals surface area contributed by atoms with Crippen molar-refractivity contribution in [2.24, 2.45) is 11.1 Å². The van der Waals surface area contributed by atoms with Gasteiger partial charge in [0.2, 0.25) is 5.91 Å². The smallest absolute Gasteiger partial charge is 0.220 e. The molecule has 1 aromatic heterocycles. The van der Waals surface area contributed by atoms with Gasteiger partial charge in [-0.25, -0.2) is 0 Å². The van der Waals surface area contributed by atoms with Gasteiger partial charge in [-0.3, -0.25) is 4.79 Å². The van der Waals surface area contributed by atoms with Crippen molar-refractivity contribution in [3.05, 3.63) is 18.0 Å². The second-order valence-corrected chi connectivity index (χ2v) is 4.50. The molecule has 0 aliphatic heterocycles. The Labute approximate surface area is 94.4 Å². The van der Waals surface area contributed by atoms with Crippen molar-refractivity contribution in [3.63, 3.8) is 0 Å². The molecule has 0 saturated heterocycles. The van der Waals surface area contributed by atoms with Crippen molar-refractivity contribution in [3.8, 4) is 0 Å². The first kappa shape index (κ1) is 11.1. The summed E-state index contributed by atoms with van der Waals surface area (Å²) in [4.78, 5) is 11.7. The van der Waals surface area contributed by atoms with E-state index in [-0.39, 0.29) is 11.3 Å². The fraction of sp³-hybridized carbons (Fsp3) is 0.636. The van der Waals surface area contributed by atoms with Gasteiger partial charge in [0, 0.05) is 12.5 Å². The lowest BCUT2D eigenvalue weighted by molar-refractivity contribution is -0.124. The lowest BCUT2D eigenvalue weighted by atomic mass is 9.66. The Balaban J connectivity index is 1.76. The highest BCUT2D eigenvalue weighted by atomic mass is 16.5. The fourth-order valence-corrected chi connectivity index (χ4v) is 2.05.